The molecule has 1 unspecified atom stereocenters. The van der Waals surface area contributed by atoms with Crippen LogP contribution in [0.2, 0.25) is 0 Å². The number of rotatable bonds is 3. The lowest BCUT2D eigenvalue weighted by Crippen LogP contribution is -1.91. The van der Waals surface area contributed by atoms with E-state index in [1.165, 1.54) is 11.1 Å². The summed E-state index contributed by atoms with van der Waals surface area (Å²) in [6.45, 7) is 7.40. The number of hydrogen-bond acceptors (Lipinski definition) is 1. The van der Waals surface area contributed by atoms with Crippen LogP contribution in [-0.4, -0.2) is 0 Å². The van der Waals surface area contributed by atoms with Crippen molar-refractivity contribution in [3.8, 4) is 11.8 Å². The highest BCUT2D eigenvalue weighted by molar-refractivity contribution is 14.1. The van der Waals surface area contributed by atoms with Gasteiger partial charge in [-0.1, -0.05) is 43.2 Å². The van der Waals surface area contributed by atoms with E-state index in [2.05, 4.69) is 43.2 Å². The normalized spacial score (nSPS) is 17.3. The topological polar surface area (TPSA) is 9.23 Å². The molecule has 1 aromatic rings. The van der Waals surface area contributed by atoms with E-state index in [1.807, 2.05) is 29.1 Å². The molecule has 1 nitrogen and oxygen atoms in total. The first-order valence-electron chi connectivity index (χ1n) is 6.16. The minimum absolute atomic E-state index is 0.238. The molecule has 2 rings (SSSR count). The molecule has 0 aliphatic heterocycles. The maximum absolute atomic E-state index is 5.43. The number of aryl methyl sites for hydroxylation is 1. The Bertz CT molecular complexity index is 587. The second kappa shape index (κ2) is 6.74. The van der Waals surface area contributed by atoms with Gasteiger partial charge < -0.3 is 3.07 Å². The number of hydrogen-bond donors (Lipinski definition) is 0. The Labute approximate surface area is 128 Å². The molecule has 19 heavy (non-hydrogen) atoms. The molecular weight excluding hydrogens is 347 g/mol. The zero-order valence-electron chi connectivity index (χ0n) is 10.7. The van der Waals surface area contributed by atoms with Crippen molar-refractivity contribution in [2.24, 2.45) is 0 Å². The minimum Gasteiger partial charge on any atom is -0.308 e. The lowest BCUT2D eigenvalue weighted by atomic mass is 10.1. The van der Waals surface area contributed by atoms with E-state index in [1.54, 1.807) is 12.2 Å². The molecule has 0 N–H and O–H groups in total. The number of halogens is 1. The molecule has 0 spiro atoms. The number of allylic oxidation sites excluding steroid dienone is 4. The van der Waals surface area contributed by atoms with Crippen LogP contribution in [0.5, 0.6) is 0 Å². The van der Waals surface area contributed by atoms with E-state index in [0.717, 1.165) is 24.0 Å². The molecule has 0 saturated carbocycles. The highest BCUT2D eigenvalue weighted by Gasteiger charge is 2.22. The summed E-state index contributed by atoms with van der Waals surface area (Å²) in [5.41, 5.74) is 4.56. The second-order valence-corrected chi connectivity index (χ2v) is 4.85. The largest absolute Gasteiger partial charge is 0.308 e. The molecule has 96 valence electrons. The molecule has 0 radical (unpaired) electrons. The summed E-state index contributed by atoms with van der Waals surface area (Å²) in [6, 6.07) is 6.33. The fraction of sp³-hybridized carbons (Fsp3) is 0.176. The number of benzene rings is 1. The van der Waals surface area contributed by atoms with Crippen molar-refractivity contribution in [3.63, 3.8) is 0 Å². The summed E-state index contributed by atoms with van der Waals surface area (Å²) in [5, 5.41) is 0. The van der Waals surface area contributed by atoms with Gasteiger partial charge in [-0.2, -0.15) is 0 Å². The van der Waals surface area contributed by atoms with Gasteiger partial charge in [-0.25, -0.2) is 0 Å². The fourth-order valence-corrected chi connectivity index (χ4v) is 2.71. The van der Waals surface area contributed by atoms with Crippen molar-refractivity contribution in [3.05, 3.63) is 71.8 Å². The van der Waals surface area contributed by atoms with Gasteiger partial charge in [-0.3, -0.25) is 0 Å². The van der Waals surface area contributed by atoms with Crippen LogP contribution in [0.15, 0.2) is 55.2 Å². The molecule has 0 heterocycles. The van der Waals surface area contributed by atoms with Crippen LogP contribution in [0.4, 0.5) is 0 Å². The first-order valence-corrected chi connectivity index (χ1v) is 7.04. The van der Waals surface area contributed by atoms with E-state index >= 15 is 0 Å². The molecule has 0 aromatic heterocycles. The average molecular weight is 362 g/mol. The van der Waals surface area contributed by atoms with Gasteiger partial charge in [0.2, 0.25) is 0 Å². The van der Waals surface area contributed by atoms with Crippen LogP contribution in [-0.2, 0) is 9.49 Å². The third kappa shape index (κ3) is 3.37. The Kier molecular flexibility index (Phi) is 5.00. The summed E-state index contributed by atoms with van der Waals surface area (Å²) in [5.74, 6) is 6.26. The Morgan fingerprint density at radius 1 is 1.42 bits per heavy atom. The summed E-state index contributed by atoms with van der Waals surface area (Å²) in [6.07, 6.45) is 7.67. The third-order valence-electron chi connectivity index (χ3n) is 3.14. The maximum atomic E-state index is 5.43. The van der Waals surface area contributed by atoms with Crippen molar-refractivity contribution in [1.29, 1.82) is 0 Å². The predicted molar refractivity (Wildman–Crippen MR) is 88.0 cm³/mol. The van der Waals surface area contributed by atoms with E-state index in [4.69, 9.17) is 3.07 Å². The van der Waals surface area contributed by atoms with Crippen molar-refractivity contribution in [1.82, 2.24) is 0 Å². The van der Waals surface area contributed by atoms with Gasteiger partial charge in [0.25, 0.3) is 0 Å². The van der Waals surface area contributed by atoms with E-state index in [-0.39, 0.29) is 6.10 Å². The van der Waals surface area contributed by atoms with Crippen molar-refractivity contribution in [2.45, 2.75) is 18.9 Å². The minimum atomic E-state index is 0.238. The zero-order valence-corrected chi connectivity index (χ0v) is 12.8. The van der Waals surface area contributed by atoms with Crippen molar-refractivity contribution < 1.29 is 3.07 Å². The lowest BCUT2D eigenvalue weighted by molar-refractivity contribution is 0.292. The lowest BCUT2D eigenvalue weighted by Gasteiger charge is -2.06. The molecular formula is C17H15IO. The quantitative estimate of drug-likeness (QED) is 0.431. The third-order valence-corrected chi connectivity index (χ3v) is 3.76. The molecule has 0 amide bonds. The van der Waals surface area contributed by atoms with Gasteiger partial charge in [0.1, 0.15) is 23.0 Å². The fourth-order valence-electron chi connectivity index (χ4n) is 2.18. The van der Waals surface area contributed by atoms with Crippen LogP contribution in [0.3, 0.4) is 0 Å². The summed E-state index contributed by atoms with van der Waals surface area (Å²) < 4.78 is 5.43. The van der Waals surface area contributed by atoms with Crippen LogP contribution in [0, 0.1) is 11.8 Å². The molecule has 1 aliphatic rings. The Morgan fingerprint density at radius 2 is 2.26 bits per heavy atom. The van der Waals surface area contributed by atoms with Gasteiger partial charge in [0.05, 0.1) is 6.10 Å². The molecule has 1 aliphatic carbocycles. The second-order valence-electron chi connectivity index (χ2n) is 4.34. The molecule has 2 heteroatoms. The zero-order chi connectivity index (χ0) is 13.7. The molecule has 1 aromatic carbocycles. The molecule has 0 fully saturated rings. The monoisotopic (exact) mass is 362 g/mol. The summed E-state index contributed by atoms with van der Waals surface area (Å²) in [7, 11) is 0. The SMILES string of the molecule is C=C/C=C(/C#Cc1ccc2c(c1)CCC2OI)C=C. The van der Waals surface area contributed by atoms with E-state index in [9.17, 15) is 0 Å². The smallest absolute Gasteiger partial charge is 0.110 e. The Morgan fingerprint density at radius 3 is 2.95 bits per heavy atom. The first kappa shape index (κ1) is 14.1. The first-order chi connectivity index (χ1) is 9.28. The molecule has 0 saturated heterocycles. The Balaban J connectivity index is 2.25. The van der Waals surface area contributed by atoms with Crippen LogP contribution < -0.4 is 0 Å². The van der Waals surface area contributed by atoms with Gasteiger partial charge in [-0.05, 0) is 42.2 Å². The van der Waals surface area contributed by atoms with Gasteiger partial charge in [0, 0.05) is 11.1 Å². The standard InChI is InChI=1S/C17H15IO/c1-3-5-13(4-2)6-7-14-8-10-16-15(12-14)9-11-17(16)19-18/h3-5,8,10,12,17H,1-2,9,11H2/b13-5+. The Hall–Kier alpha value is -1.31. The van der Waals surface area contributed by atoms with E-state index in [0.29, 0.717) is 0 Å². The summed E-state index contributed by atoms with van der Waals surface area (Å²) >= 11 is 1.98. The highest BCUT2D eigenvalue weighted by Crippen LogP contribution is 2.35. The van der Waals surface area contributed by atoms with Gasteiger partial charge >= 0.3 is 0 Å². The average Bonchev–Trinajstić information content (AvgIpc) is 2.85. The van der Waals surface area contributed by atoms with Crippen molar-refractivity contribution >= 4 is 23.0 Å². The van der Waals surface area contributed by atoms with Crippen LogP contribution in [0.25, 0.3) is 0 Å². The van der Waals surface area contributed by atoms with Crippen molar-refractivity contribution in [2.75, 3.05) is 0 Å². The van der Waals surface area contributed by atoms with Crippen LogP contribution >= 0.6 is 23.0 Å². The molecule has 1 atom stereocenters. The van der Waals surface area contributed by atoms with Gasteiger partial charge in [0.15, 0.2) is 0 Å². The number of fused-ring (bicyclic) bond motifs is 1. The molecule has 0 bridgehead atoms. The summed E-state index contributed by atoms with van der Waals surface area (Å²) in [4.78, 5) is 0. The maximum Gasteiger partial charge on any atom is 0.110 e. The van der Waals surface area contributed by atoms with Gasteiger partial charge in [-0.15, -0.1) is 0 Å². The predicted octanol–water partition coefficient (Wildman–Crippen LogP) is 4.69. The highest BCUT2D eigenvalue weighted by atomic mass is 127. The van der Waals surface area contributed by atoms with Crippen LogP contribution in [0.1, 0.15) is 29.2 Å². The van der Waals surface area contributed by atoms with E-state index < -0.39 is 0 Å².